The molecule has 6 nitrogen and oxygen atoms in total. The molecule has 2 aliphatic rings. The van der Waals surface area contributed by atoms with E-state index in [0.29, 0.717) is 6.04 Å². The predicted molar refractivity (Wildman–Crippen MR) is 133 cm³/mol. The number of aliphatic hydroxyl groups is 1. The van der Waals surface area contributed by atoms with Crippen molar-refractivity contribution in [2.75, 3.05) is 50.7 Å². The molecule has 3 rings (SSSR count). The number of hydrogen-bond acceptors (Lipinski definition) is 4. The van der Waals surface area contributed by atoms with Crippen molar-refractivity contribution in [2.24, 2.45) is 4.99 Å². The molecule has 0 unspecified atom stereocenters. The normalized spacial score (nSPS) is 23.4. The van der Waals surface area contributed by atoms with E-state index in [4.69, 9.17) is 4.99 Å². The van der Waals surface area contributed by atoms with Crippen LogP contribution in [-0.4, -0.2) is 73.9 Å². The Bertz CT molecular complexity index is 584. The number of guanidine groups is 1. The molecule has 164 valence electrons. The van der Waals surface area contributed by atoms with Crippen LogP contribution >= 0.6 is 24.0 Å². The SMILES string of the molecule is CCNC(=NCCCN1CCN(c2ccccc2)CC1)NC1CCC(O)CC1.I. The van der Waals surface area contributed by atoms with Crippen molar-refractivity contribution >= 4 is 35.6 Å². The van der Waals surface area contributed by atoms with Crippen LogP contribution in [0.15, 0.2) is 35.3 Å². The smallest absolute Gasteiger partial charge is 0.191 e. The average Bonchev–Trinajstić information content (AvgIpc) is 2.74. The average molecular weight is 515 g/mol. The summed E-state index contributed by atoms with van der Waals surface area (Å²) in [5.74, 6) is 0.929. The molecule has 0 bridgehead atoms. The lowest BCUT2D eigenvalue weighted by atomic mass is 9.93. The summed E-state index contributed by atoms with van der Waals surface area (Å²) < 4.78 is 0. The van der Waals surface area contributed by atoms with Crippen molar-refractivity contribution in [1.82, 2.24) is 15.5 Å². The fourth-order valence-electron chi connectivity index (χ4n) is 4.09. The molecule has 0 spiro atoms. The Morgan fingerprint density at radius 2 is 1.76 bits per heavy atom. The second-order valence-corrected chi connectivity index (χ2v) is 7.93. The van der Waals surface area contributed by atoms with E-state index in [1.165, 1.54) is 5.69 Å². The minimum Gasteiger partial charge on any atom is -0.393 e. The summed E-state index contributed by atoms with van der Waals surface area (Å²) in [7, 11) is 0. The second-order valence-electron chi connectivity index (χ2n) is 7.93. The van der Waals surface area contributed by atoms with E-state index in [2.05, 4.69) is 57.7 Å². The number of rotatable bonds is 7. The van der Waals surface area contributed by atoms with Crippen LogP contribution in [0.4, 0.5) is 5.69 Å². The van der Waals surface area contributed by atoms with Gasteiger partial charge in [-0.2, -0.15) is 0 Å². The molecule has 1 aliphatic heterocycles. The highest BCUT2D eigenvalue weighted by molar-refractivity contribution is 14.0. The van der Waals surface area contributed by atoms with Crippen LogP contribution in [-0.2, 0) is 0 Å². The number of hydrogen-bond donors (Lipinski definition) is 3. The fraction of sp³-hybridized carbons (Fsp3) is 0.682. The zero-order chi connectivity index (χ0) is 19.6. The van der Waals surface area contributed by atoms with Crippen molar-refractivity contribution in [3.05, 3.63) is 30.3 Å². The summed E-state index contributed by atoms with van der Waals surface area (Å²) in [5, 5.41) is 16.6. The van der Waals surface area contributed by atoms with Crippen molar-refractivity contribution < 1.29 is 5.11 Å². The van der Waals surface area contributed by atoms with Gasteiger partial charge in [0.1, 0.15) is 0 Å². The van der Waals surface area contributed by atoms with Crippen LogP contribution < -0.4 is 15.5 Å². The second kappa shape index (κ2) is 13.3. The van der Waals surface area contributed by atoms with Gasteiger partial charge in [0.15, 0.2) is 5.96 Å². The summed E-state index contributed by atoms with van der Waals surface area (Å²) in [6.07, 6.45) is 4.82. The first-order chi connectivity index (χ1) is 13.7. The zero-order valence-corrected chi connectivity index (χ0v) is 20.1. The molecule has 0 radical (unpaired) electrons. The standard InChI is InChI=1S/C22H37N5O.HI/c1-2-23-22(25-19-9-11-21(28)12-10-19)24-13-6-14-26-15-17-27(18-16-26)20-7-4-3-5-8-20;/h3-5,7-8,19,21,28H,2,6,9-18H2,1H3,(H2,23,24,25);1H. The number of benzene rings is 1. The Morgan fingerprint density at radius 3 is 2.41 bits per heavy atom. The van der Waals surface area contributed by atoms with E-state index in [9.17, 15) is 5.11 Å². The van der Waals surface area contributed by atoms with Crippen LogP contribution in [0, 0.1) is 0 Å². The number of aliphatic hydroxyl groups excluding tert-OH is 1. The van der Waals surface area contributed by atoms with Gasteiger partial charge in [-0.05, 0) is 51.2 Å². The van der Waals surface area contributed by atoms with Crippen LogP contribution in [0.3, 0.4) is 0 Å². The van der Waals surface area contributed by atoms with Gasteiger partial charge in [0.05, 0.1) is 6.10 Å². The molecule has 1 aromatic rings. The van der Waals surface area contributed by atoms with Crippen LogP contribution in [0.2, 0.25) is 0 Å². The number of para-hydroxylation sites is 1. The molecule has 3 N–H and O–H groups in total. The number of halogens is 1. The Hall–Kier alpha value is -1.06. The third-order valence-corrected chi connectivity index (χ3v) is 5.78. The first-order valence-corrected chi connectivity index (χ1v) is 11.0. The summed E-state index contributed by atoms with van der Waals surface area (Å²) in [6, 6.07) is 11.1. The minimum atomic E-state index is -0.111. The maximum Gasteiger partial charge on any atom is 0.191 e. The maximum atomic E-state index is 9.66. The number of aliphatic imine (C=N–C) groups is 1. The molecule has 0 aromatic heterocycles. The van der Waals surface area contributed by atoms with Crippen molar-refractivity contribution in [3.63, 3.8) is 0 Å². The van der Waals surface area contributed by atoms with Gasteiger partial charge < -0.3 is 20.6 Å². The summed E-state index contributed by atoms with van der Waals surface area (Å²) >= 11 is 0. The number of anilines is 1. The van der Waals surface area contributed by atoms with Gasteiger partial charge in [-0.15, -0.1) is 24.0 Å². The molecular formula is C22H38IN5O. The first-order valence-electron chi connectivity index (χ1n) is 11.0. The van der Waals surface area contributed by atoms with Gasteiger partial charge >= 0.3 is 0 Å². The van der Waals surface area contributed by atoms with Crippen LogP contribution in [0.5, 0.6) is 0 Å². The Morgan fingerprint density at radius 1 is 1.07 bits per heavy atom. The molecule has 1 saturated heterocycles. The van der Waals surface area contributed by atoms with E-state index in [1.54, 1.807) is 0 Å². The zero-order valence-electron chi connectivity index (χ0n) is 17.7. The van der Waals surface area contributed by atoms with Gasteiger partial charge in [-0.3, -0.25) is 9.89 Å². The number of nitrogens with zero attached hydrogens (tertiary/aromatic N) is 3. The molecule has 1 saturated carbocycles. The van der Waals surface area contributed by atoms with Gasteiger partial charge in [-0.1, -0.05) is 18.2 Å². The Balaban J connectivity index is 0.00000300. The van der Waals surface area contributed by atoms with Crippen LogP contribution in [0.25, 0.3) is 0 Å². The summed E-state index contributed by atoms with van der Waals surface area (Å²) in [4.78, 5) is 9.80. The monoisotopic (exact) mass is 515 g/mol. The maximum absolute atomic E-state index is 9.66. The summed E-state index contributed by atoms with van der Waals surface area (Å²) in [6.45, 7) is 9.40. The van der Waals surface area contributed by atoms with Gasteiger partial charge in [0.2, 0.25) is 0 Å². The molecule has 7 heteroatoms. The highest BCUT2D eigenvalue weighted by atomic mass is 127. The van der Waals surface area contributed by atoms with Gasteiger partial charge in [0.25, 0.3) is 0 Å². The third kappa shape index (κ3) is 8.30. The van der Waals surface area contributed by atoms with Crippen molar-refractivity contribution in [3.8, 4) is 0 Å². The molecule has 2 fully saturated rings. The lowest BCUT2D eigenvalue weighted by Gasteiger charge is -2.36. The van der Waals surface area contributed by atoms with Gasteiger partial charge in [0, 0.05) is 57.5 Å². The molecule has 1 heterocycles. The quantitative estimate of drug-likeness (QED) is 0.226. The molecule has 1 aliphatic carbocycles. The predicted octanol–water partition coefficient (Wildman–Crippen LogP) is 2.68. The summed E-state index contributed by atoms with van der Waals surface area (Å²) in [5.41, 5.74) is 1.34. The molecule has 1 aromatic carbocycles. The molecular weight excluding hydrogens is 477 g/mol. The van der Waals surface area contributed by atoms with Gasteiger partial charge in [-0.25, -0.2) is 0 Å². The Kier molecular flexibility index (Phi) is 11.1. The van der Waals surface area contributed by atoms with E-state index >= 15 is 0 Å². The third-order valence-electron chi connectivity index (χ3n) is 5.78. The van der Waals surface area contributed by atoms with Crippen molar-refractivity contribution in [1.29, 1.82) is 0 Å². The Labute approximate surface area is 193 Å². The largest absolute Gasteiger partial charge is 0.393 e. The molecule has 0 amide bonds. The van der Waals surface area contributed by atoms with E-state index in [1.807, 2.05) is 0 Å². The van der Waals surface area contributed by atoms with E-state index < -0.39 is 0 Å². The van der Waals surface area contributed by atoms with Crippen LogP contribution in [0.1, 0.15) is 39.0 Å². The van der Waals surface area contributed by atoms with E-state index in [0.717, 1.165) is 83.9 Å². The van der Waals surface area contributed by atoms with E-state index in [-0.39, 0.29) is 30.1 Å². The minimum absolute atomic E-state index is 0. The first kappa shape index (κ1) is 24.2. The lowest BCUT2D eigenvalue weighted by Crippen LogP contribution is -2.47. The van der Waals surface area contributed by atoms with Crippen molar-refractivity contribution in [2.45, 2.75) is 51.2 Å². The molecule has 29 heavy (non-hydrogen) atoms. The topological polar surface area (TPSA) is 63.1 Å². The lowest BCUT2D eigenvalue weighted by molar-refractivity contribution is 0.120. The molecule has 0 atom stereocenters. The fourth-order valence-corrected chi connectivity index (χ4v) is 4.09. The number of piperazine rings is 1. The number of nitrogens with one attached hydrogen (secondary N) is 2. The highest BCUT2D eigenvalue weighted by Crippen LogP contribution is 2.18. The highest BCUT2D eigenvalue weighted by Gasteiger charge is 2.20.